The zero-order valence-electron chi connectivity index (χ0n) is 13.4. The van der Waals surface area contributed by atoms with Gasteiger partial charge in [0.2, 0.25) is 0 Å². The number of H-pyrrole nitrogens is 1. The predicted molar refractivity (Wildman–Crippen MR) is 98.9 cm³/mol. The van der Waals surface area contributed by atoms with Crippen LogP contribution in [0.15, 0.2) is 48.5 Å². The van der Waals surface area contributed by atoms with Gasteiger partial charge in [-0.05, 0) is 23.8 Å². The highest BCUT2D eigenvalue weighted by Gasteiger charge is 2.14. The Labute approximate surface area is 148 Å². The number of benzene rings is 2. The van der Waals surface area contributed by atoms with Gasteiger partial charge >= 0.3 is 5.97 Å². The maximum atomic E-state index is 12.5. The molecule has 0 saturated heterocycles. The Morgan fingerprint density at radius 1 is 1.16 bits per heavy atom. The molecule has 0 aliphatic rings. The molecule has 0 aliphatic heterocycles. The molecule has 128 valence electrons. The van der Waals surface area contributed by atoms with Crippen molar-refractivity contribution in [1.29, 1.82) is 0 Å². The van der Waals surface area contributed by atoms with Crippen LogP contribution in [-0.4, -0.2) is 32.9 Å². The highest BCUT2D eigenvalue weighted by molar-refractivity contribution is 7.98. The molecule has 6 nitrogen and oxygen atoms in total. The van der Waals surface area contributed by atoms with Gasteiger partial charge in [0.15, 0.2) is 5.69 Å². The second-order valence-corrected chi connectivity index (χ2v) is 6.57. The number of nitrogens with zero attached hydrogens (tertiary/aromatic N) is 1. The summed E-state index contributed by atoms with van der Waals surface area (Å²) in [5.41, 5.74) is 2.89. The molecule has 3 rings (SSSR count). The second kappa shape index (κ2) is 7.85. The Morgan fingerprint density at radius 3 is 2.84 bits per heavy atom. The number of amides is 1. The number of anilines is 1. The van der Waals surface area contributed by atoms with E-state index in [4.69, 9.17) is 5.11 Å². The monoisotopic (exact) mass is 355 g/mol. The maximum Gasteiger partial charge on any atom is 0.304 e. The number of carboxylic acid groups (broad SMARTS) is 1. The summed E-state index contributed by atoms with van der Waals surface area (Å²) >= 11 is 1.55. The van der Waals surface area contributed by atoms with Crippen molar-refractivity contribution in [2.45, 2.75) is 12.2 Å². The molecular formula is C18H17N3O3S. The zero-order chi connectivity index (χ0) is 17.6. The van der Waals surface area contributed by atoms with Crippen LogP contribution in [0.25, 0.3) is 10.9 Å². The van der Waals surface area contributed by atoms with Crippen molar-refractivity contribution < 1.29 is 14.7 Å². The Hall–Kier alpha value is -2.80. The van der Waals surface area contributed by atoms with Crippen LogP contribution in [0.2, 0.25) is 0 Å². The summed E-state index contributed by atoms with van der Waals surface area (Å²) in [6.45, 7) is 0. The molecule has 3 N–H and O–H groups in total. The van der Waals surface area contributed by atoms with Crippen molar-refractivity contribution in [3.8, 4) is 0 Å². The van der Waals surface area contributed by atoms with Crippen molar-refractivity contribution >= 4 is 40.2 Å². The Balaban J connectivity index is 1.65. The first-order valence-electron chi connectivity index (χ1n) is 7.76. The third kappa shape index (κ3) is 4.39. The number of hydrogen-bond donors (Lipinski definition) is 3. The molecule has 7 heteroatoms. The van der Waals surface area contributed by atoms with Crippen molar-refractivity contribution in [2.24, 2.45) is 0 Å². The molecule has 0 fully saturated rings. The zero-order valence-corrected chi connectivity index (χ0v) is 14.2. The average Bonchev–Trinajstić information content (AvgIpc) is 3.03. The van der Waals surface area contributed by atoms with E-state index in [0.29, 0.717) is 22.9 Å². The summed E-state index contributed by atoms with van der Waals surface area (Å²) < 4.78 is 0. The normalized spacial score (nSPS) is 10.7. The average molecular weight is 355 g/mol. The number of fused-ring (bicyclic) bond motifs is 1. The fraction of sp³-hybridized carbons (Fsp3) is 0.167. The van der Waals surface area contributed by atoms with E-state index in [1.807, 2.05) is 48.5 Å². The molecule has 0 aliphatic carbocycles. The number of aromatic nitrogens is 2. The second-order valence-electron chi connectivity index (χ2n) is 5.47. The van der Waals surface area contributed by atoms with E-state index < -0.39 is 5.97 Å². The number of para-hydroxylation sites is 1. The SMILES string of the molecule is O=C(O)CCSCc1cccc(NC(=O)c2n[nH]c3ccccc23)c1. The topological polar surface area (TPSA) is 95.1 Å². The quantitative estimate of drug-likeness (QED) is 0.564. The van der Waals surface area contributed by atoms with E-state index in [2.05, 4.69) is 15.5 Å². The van der Waals surface area contributed by atoms with Crippen molar-refractivity contribution in [2.75, 3.05) is 11.1 Å². The van der Waals surface area contributed by atoms with Gasteiger partial charge in [-0.1, -0.05) is 30.3 Å². The number of hydrogen-bond acceptors (Lipinski definition) is 4. The summed E-state index contributed by atoms with van der Waals surface area (Å²) in [5.74, 6) is 0.195. The van der Waals surface area contributed by atoms with Gasteiger partial charge in [0.1, 0.15) is 0 Å². The molecule has 0 saturated carbocycles. The minimum atomic E-state index is -0.792. The molecule has 1 amide bonds. The molecule has 0 unspecified atom stereocenters. The lowest BCUT2D eigenvalue weighted by molar-refractivity contribution is -0.136. The van der Waals surface area contributed by atoms with E-state index in [9.17, 15) is 9.59 Å². The van der Waals surface area contributed by atoms with Crippen molar-refractivity contribution in [3.05, 3.63) is 59.8 Å². The number of aliphatic carboxylic acids is 1. The van der Waals surface area contributed by atoms with Crippen LogP contribution in [0.3, 0.4) is 0 Å². The minimum Gasteiger partial charge on any atom is -0.481 e. The van der Waals surface area contributed by atoms with Gasteiger partial charge in [0.05, 0.1) is 11.9 Å². The van der Waals surface area contributed by atoms with Crippen LogP contribution >= 0.6 is 11.8 Å². The molecule has 0 bridgehead atoms. The lowest BCUT2D eigenvalue weighted by atomic mass is 10.2. The highest BCUT2D eigenvalue weighted by atomic mass is 32.2. The van der Waals surface area contributed by atoms with Gasteiger partial charge in [-0.15, -0.1) is 0 Å². The summed E-state index contributed by atoms with van der Waals surface area (Å²) in [4.78, 5) is 23.0. The molecule has 1 aromatic heterocycles. The Morgan fingerprint density at radius 2 is 2.00 bits per heavy atom. The fourth-order valence-corrected chi connectivity index (χ4v) is 3.29. The number of carboxylic acids is 1. The standard InChI is InChI=1S/C18H17N3O3S/c22-16(23)8-9-25-11-12-4-3-5-13(10-12)19-18(24)17-14-6-1-2-7-15(14)20-21-17/h1-7,10H,8-9,11H2,(H,19,24)(H,20,21)(H,22,23). The third-order valence-corrected chi connectivity index (χ3v) is 4.63. The first-order chi connectivity index (χ1) is 12.1. The van der Waals surface area contributed by atoms with Gasteiger partial charge in [-0.3, -0.25) is 14.7 Å². The van der Waals surface area contributed by atoms with Crippen LogP contribution < -0.4 is 5.32 Å². The van der Waals surface area contributed by atoms with Crippen molar-refractivity contribution in [1.82, 2.24) is 10.2 Å². The number of thioether (sulfide) groups is 1. The summed E-state index contributed by atoms with van der Waals surface area (Å²) in [7, 11) is 0. The first-order valence-corrected chi connectivity index (χ1v) is 8.92. The molecule has 0 radical (unpaired) electrons. The highest BCUT2D eigenvalue weighted by Crippen LogP contribution is 2.20. The van der Waals surface area contributed by atoms with Gasteiger partial charge in [-0.25, -0.2) is 0 Å². The van der Waals surface area contributed by atoms with Gasteiger partial charge < -0.3 is 10.4 Å². The van der Waals surface area contributed by atoms with E-state index in [-0.39, 0.29) is 12.3 Å². The third-order valence-electron chi connectivity index (χ3n) is 3.60. The van der Waals surface area contributed by atoms with Crippen molar-refractivity contribution in [3.63, 3.8) is 0 Å². The number of nitrogens with one attached hydrogen (secondary N) is 2. The first kappa shape index (κ1) is 17.0. The van der Waals surface area contributed by atoms with Gasteiger partial charge in [-0.2, -0.15) is 16.9 Å². The lowest BCUT2D eigenvalue weighted by Crippen LogP contribution is -2.12. The molecule has 0 spiro atoms. The largest absolute Gasteiger partial charge is 0.481 e. The van der Waals surface area contributed by atoms with Crippen LogP contribution in [0.1, 0.15) is 22.5 Å². The summed E-state index contributed by atoms with van der Waals surface area (Å²) in [6, 6.07) is 15.0. The van der Waals surface area contributed by atoms with Gasteiger partial charge in [0, 0.05) is 22.6 Å². The van der Waals surface area contributed by atoms with E-state index in [1.165, 1.54) is 0 Å². The number of carbonyl (C=O) groups excluding carboxylic acids is 1. The number of carbonyl (C=O) groups is 2. The molecule has 0 atom stereocenters. The van der Waals surface area contributed by atoms with Crippen LogP contribution in [0.4, 0.5) is 5.69 Å². The Kier molecular flexibility index (Phi) is 5.35. The fourth-order valence-electron chi connectivity index (χ4n) is 2.42. The molecule has 25 heavy (non-hydrogen) atoms. The smallest absolute Gasteiger partial charge is 0.304 e. The minimum absolute atomic E-state index is 0.146. The molecular weight excluding hydrogens is 338 g/mol. The van der Waals surface area contributed by atoms with Crippen LogP contribution in [-0.2, 0) is 10.5 Å². The van der Waals surface area contributed by atoms with Crippen LogP contribution in [0, 0.1) is 0 Å². The molecule has 3 aromatic rings. The predicted octanol–water partition coefficient (Wildman–Crippen LogP) is 3.52. The summed E-state index contributed by atoms with van der Waals surface area (Å²) in [6.07, 6.45) is 0.146. The summed E-state index contributed by atoms with van der Waals surface area (Å²) in [5, 5.41) is 19.2. The molecule has 1 heterocycles. The van der Waals surface area contributed by atoms with Gasteiger partial charge in [0.25, 0.3) is 5.91 Å². The molecule has 2 aromatic carbocycles. The Bertz CT molecular complexity index is 907. The number of rotatable bonds is 7. The van der Waals surface area contributed by atoms with E-state index in [1.54, 1.807) is 11.8 Å². The van der Waals surface area contributed by atoms with Crippen LogP contribution in [0.5, 0.6) is 0 Å². The number of aromatic amines is 1. The lowest BCUT2D eigenvalue weighted by Gasteiger charge is -2.06. The van der Waals surface area contributed by atoms with E-state index in [0.717, 1.165) is 16.5 Å². The maximum absolute atomic E-state index is 12.5. The van der Waals surface area contributed by atoms with E-state index >= 15 is 0 Å².